The molecular weight excluding hydrogens is 290 g/mol. The quantitative estimate of drug-likeness (QED) is 0.817. The number of aromatic nitrogens is 3. The lowest BCUT2D eigenvalue weighted by molar-refractivity contribution is 0.0996. The number of Topliss-reactive ketones (excluding diaryl/α,β-unsaturated/α-hetero) is 1. The second-order valence-electron chi connectivity index (χ2n) is 3.30. The summed E-state index contributed by atoms with van der Waals surface area (Å²) in [4.78, 5) is 16.5. The van der Waals surface area contributed by atoms with E-state index in [-0.39, 0.29) is 5.78 Å². The molecule has 6 heteroatoms. The minimum Gasteiger partial charge on any atom is -0.293 e. The van der Waals surface area contributed by atoms with Crippen molar-refractivity contribution >= 4 is 33.2 Å². The molecule has 0 aliphatic carbocycles. The fourth-order valence-electron chi connectivity index (χ4n) is 1.30. The normalized spacial score (nSPS) is 10.4. The van der Waals surface area contributed by atoms with Crippen molar-refractivity contribution in [2.75, 3.05) is 0 Å². The summed E-state index contributed by atoms with van der Waals surface area (Å²) in [5.41, 5.74) is 1.57. The minimum absolute atomic E-state index is 0.0346. The van der Waals surface area contributed by atoms with E-state index in [0.717, 1.165) is 21.6 Å². The minimum atomic E-state index is 0.0346. The zero-order valence-electron chi connectivity index (χ0n) is 8.48. The molecule has 0 saturated carbocycles. The maximum atomic E-state index is 11.9. The van der Waals surface area contributed by atoms with Crippen molar-refractivity contribution in [1.29, 1.82) is 0 Å². The molecule has 0 atom stereocenters. The van der Waals surface area contributed by atoms with Crippen LogP contribution in [0.3, 0.4) is 0 Å². The highest BCUT2D eigenvalue weighted by Gasteiger charge is 2.13. The zero-order chi connectivity index (χ0) is 11.5. The van der Waals surface area contributed by atoms with E-state index in [1.54, 1.807) is 19.3 Å². The Bertz CT molecular complexity index is 526. The average Bonchev–Trinajstić information content (AvgIpc) is 2.64. The smallest absolute Gasteiger partial charge is 0.180 e. The fraction of sp³-hybridized carbons (Fsp3) is 0.200. The summed E-state index contributed by atoms with van der Waals surface area (Å²) in [6.07, 6.45) is 3.71. The molecule has 0 unspecified atom stereocenters. The maximum Gasteiger partial charge on any atom is 0.180 e. The number of hydrogen-bond donors (Lipinski definition) is 0. The third-order valence-corrected chi connectivity index (χ3v) is 3.33. The predicted octanol–water partition coefficient (Wildman–Crippen LogP) is 2.43. The highest BCUT2D eigenvalue weighted by molar-refractivity contribution is 9.10. The Balaban J connectivity index is 2.17. The van der Waals surface area contributed by atoms with Gasteiger partial charge in [0.1, 0.15) is 4.88 Å². The number of carbonyl (C=O) groups is 1. The van der Waals surface area contributed by atoms with Crippen LogP contribution in [0, 0.1) is 6.92 Å². The summed E-state index contributed by atoms with van der Waals surface area (Å²) >= 11 is 4.46. The lowest BCUT2D eigenvalue weighted by Crippen LogP contribution is -2.03. The Labute approximate surface area is 105 Å². The molecule has 0 spiro atoms. The Hall–Kier alpha value is -1.14. The van der Waals surface area contributed by atoms with Crippen molar-refractivity contribution < 1.29 is 4.79 Å². The molecule has 0 aliphatic rings. The number of nitrogens with zero attached hydrogens (tertiary/aromatic N) is 3. The van der Waals surface area contributed by atoms with E-state index in [9.17, 15) is 4.79 Å². The molecule has 0 aliphatic heterocycles. The van der Waals surface area contributed by atoms with Crippen LogP contribution in [-0.4, -0.2) is 20.4 Å². The third kappa shape index (κ3) is 2.51. The molecule has 2 aromatic heterocycles. The Morgan fingerprint density at radius 1 is 1.50 bits per heavy atom. The van der Waals surface area contributed by atoms with E-state index in [4.69, 9.17) is 0 Å². The van der Waals surface area contributed by atoms with Gasteiger partial charge in [0.05, 0.1) is 5.69 Å². The van der Waals surface area contributed by atoms with Gasteiger partial charge in [-0.2, -0.15) is 0 Å². The number of rotatable bonds is 3. The summed E-state index contributed by atoms with van der Waals surface area (Å²) in [7, 11) is 0. The van der Waals surface area contributed by atoms with Crippen LogP contribution in [-0.2, 0) is 6.42 Å². The first-order chi connectivity index (χ1) is 7.66. The van der Waals surface area contributed by atoms with Gasteiger partial charge in [-0.15, -0.1) is 5.10 Å². The Kier molecular flexibility index (Phi) is 3.40. The molecule has 0 saturated heterocycles. The number of pyridine rings is 1. The predicted molar refractivity (Wildman–Crippen MR) is 64.6 cm³/mol. The van der Waals surface area contributed by atoms with Gasteiger partial charge in [-0.05, 0) is 46.0 Å². The molecule has 2 heterocycles. The Morgan fingerprint density at radius 3 is 2.94 bits per heavy atom. The van der Waals surface area contributed by atoms with E-state index in [1.807, 2.05) is 6.07 Å². The van der Waals surface area contributed by atoms with Crippen molar-refractivity contribution in [3.05, 3.63) is 39.1 Å². The van der Waals surface area contributed by atoms with E-state index in [2.05, 4.69) is 30.5 Å². The van der Waals surface area contributed by atoms with Gasteiger partial charge in [0.15, 0.2) is 5.78 Å². The molecule has 2 aromatic rings. The van der Waals surface area contributed by atoms with Crippen LogP contribution >= 0.6 is 27.5 Å². The second-order valence-corrected chi connectivity index (χ2v) is 4.97. The standard InChI is InChI=1S/C10H8BrN3OS/c1-6-10(16-14-13-6)9(15)3-7-2-8(11)5-12-4-7/h2,4-5H,3H2,1H3. The molecule has 4 nitrogen and oxygen atoms in total. The van der Waals surface area contributed by atoms with Gasteiger partial charge in [0, 0.05) is 23.3 Å². The number of halogens is 1. The second kappa shape index (κ2) is 4.80. The lowest BCUT2D eigenvalue weighted by Gasteiger charge is -1.99. The maximum absolute atomic E-state index is 11.9. The third-order valence-electron chi connectivity index (χ3n) is 2.03. The van der Waals surface area contributed by atoms with Gasteiger partial charge in [-0.1, -0.05) is 4.49 Å². The molecular formula is C10H8BrN3OS. The molecule has 0 fully saturated rings. The number of hydrogen-bond acceptors (Lipinski definition) is 5. The molecule has 16 heavy (non-hydrogen) atoms. The van der Waals surface area contributed by atoms with Crippen molar-refractivity contribution in [1.82, 2.24) is 14.6 Å². The summed E-state index contributed by atoms with van der Waals surface area (Å²) < 4.78 is 4.62. The SMILES string of the molecule is Cc1nnsc1C(=O)Cc1cncc(Br)c1. The monoisotopic (exact) mass is 297 g/mol. The fourth-order valence-corrected chi connectivity index (χ4v) is 2.31. The van der Waals surface area contributed by atoms with Gasteiger partial charge < -0.3 is 0 Å². The first kappa shape index (κ1) is 11.3. The van der Waals surface area contributed by atoms with Gasteiger partial charge in [-0.3, -0.25) is 9.78 Å². The van der Waals surface area contributed by atoms with Crippen LogP contribution < -0.4 is 0 Å². The summed E-state index contributed by atoms with van der Waals surface area (Å²) in [6, 6.07) is 1.88. The first-order valence-electron chi connectivity index (χ1n) is 4.58. The van der Waals surface area contributed by atoms with Crippen LogP contribution in [0.15, 0.2) is 22.9 Å². The molecule has 0 radical (unpaired) electrons. The highest BCUT2D eigenvalue weighted by atomic mass is 79.9. The number of ketones is 1. The Morgan fingerprint density at radius 2 is 2.31 bits per heavy atom. The van der Waals surface area contributed by atoms with Crippen molar-refractivity contribution in [2.45, 2.75) is 13.3 Å². The molecule has 82 valence electrons. The average molecular weight is 298 g/mol. The van der Waals surface area contributed by atoms with Crippen LogP contribution in [0.2, 0.25) is 0 Å². The van der Waals surface area contributed by atoms with E-state index in [0.29, 0.717) is 17.0 Å². The molecule has 2 rings (SSSR count). The van der Waals surface area contributed by atoms with Crippen molar-refractivity contribution in [3.63, 3.8) is 0 Å². The van der Waals surface area contributed by atoms with Crippen LogP contribution in [0.1, 0.15) is 20.9 Å². The van der Waals surface area contributed by atoms with Crippen LogP contribution in [0.4, 0.5) is 0 Å². The van der Waals surface area contributed by atoms with Crippen LogP contribution in [0.5, 0.6) is 0 Å². The molecule has 0 N–H and O–H groups in total. The molecule has 0 amide bonds. The lowest BCUT2D eigenvalue weighted by atomic mass is 10.1. The first-order valence-corrected chi connectivity index (χ1v) is 6.15. The number of carbonyl (C=O) groups excluding carboxylic acids is 1. The number of aryl methyl sites for hydroxylation is 1. The van der Waals surface area contributed by atoms with E-state index in [1.165, 1.54) is 0 Å². The summed E-state index contributed by atoms with van der Waals surface area (Å²) in [6.45, 7) is 1.79. The van der Waals surface area contributed by atoms with Crippen molar-refractivity contribution in [3.8, 4) is 0 Å². The van der Waals surface area contributed by atoms with E-state index >= 15 is 0 Å². The van der Waals surface area contributed by atoms with Gasteiger partial charge in [-0.25, -0.2) is 0 Å². The zero-order valence-corrected chi connectivity index (χ0v) is 10.9. The summed E-state index contributed by atoms with van der Waals surface area (Å²) in [5, 5.41) is 3.82. The molecule has 0 bridgehead atoms. The van der Waals surface area contributed by atoms with Gasteiger partial charge in [0.25, 0.3) is 0 Å². The largest absolute Gasteiger partial charge is 0.293 e. The topological polar surface area (TPSA) is 55.7 Å². The van der Waals surface area contributed by atoms with Crippen LogP contribution in [0.25, 0.3) is 0 Å². The van der Waals surface area contributed by atoms with Gasteiger partial charge in [0.2, 0.25) is 0 Å². The van der Waals surface area contributed by atoms with Crippen molar-refractivity contribution in [2.24, 2.45) is 0 Å². The molecule has 0 aromatic carbocycles. The highest BCUT2D eigenvalue weighted by Crippen LogP contribution is 2.15. The van der Waals surface area contributed by atoms with E-state index < -0.39 is 0 Å². The summed E-state index contributed by atoms with van der Waals surface area (Å²) in [5.74, 6) is 0.0346. The van der Waals surface area contributed by atoms with Gasteiger partial charge >= 0.3 is 0 Å².